The Balaban J connectivity index is 2.41. The van der Waals surface area contributed by atoms with Gasteiger partial charge < -0.3 is 10.7 Å². The average Bonchev–Trinajstić information content (AvgIpc) is 2.92. The van der Waals surface area contributed by atoms with Crippen LogP contribution in [0.15, 0.2) is 35.5 Å². The van der Waals surface area contributed by atoms with Crippen molar-refractivity contribution >= 4 is 15.7 Å². The molecule has 0 atom stereocenters. The van der Waals surface area contributed by atoms with Crippen molar-refractivity contribution < 1.29 is 8.42 Å². The maximum Gasteiger partial charge on any atom is 0.281 e. The van der Waals surface area contributed by atoms with Crippen LogP contribution >= 0.6 is 0 Å². The van der Waals surface area contributed by atoms with E-state index in [1.54, 1.807) is 19.1 Å². The number of sulfonamides is 1. The Labute approximate surface area is 125 Å². The molecule has 0 radical (unpaired) electrons. The zero-order valence-electron chi connectivity index (χ0n) is 12.2. The second-order valence-electron chi connectivity index (χ2n) is 4.78. The van der Waals surface area contributed by atoms with Crippen molar-refractivity contribution in [1.82, 2.24) is 9.97 Å². The fraction of sp³-hybridized carbons (Fsp3) is 0.357. The molecule has 0 bridgehead atoms. The topological polar surface area (TPSA) is 92.1 Å². The lowest BCUT2D eigenvalue weighted by Gasteiger charge is -2.23. The van der Waals surface area contributed by atoms with Crippen LogP contribution in [0.1, 0.15) is 24.7 Å². The summed E-state index contributed by atoms with van der Waals surface area (Å²) >= 11 is 0. The summed E-state index contributed by atoms with van der Waals surface area (Å²) in [7, 11) is -3.63. The number of nitrogens with one attached hydrogen (secondary N) is 1. The van der Waals surface area contributed by atoms with Gasteiger partial charge in [-0.1, -0.05) is 19.1 Å². The lowest BCUT2D eigenvalue weighted by Crippen LogP contribution is -2.32. The van der Waals surface area contributed by atoms with Gasteiger partial charge in [-0.05, 0) is 31.0 Å². The van der Waals surface area contributed by atoms with Crippen molar-refractivity contribution in [1.29, 1.82) is 0 Å². The van der Waals surface area contributed by atoms with Crippen molar-refractivity contribution in [2.75, 3.05) is 10.8 Å². The molecule has 0 aliphatic carbocycles. The highest BCUT2D eigenvalue weighted by molar-refractivity contribution is 7.92. The quantitative estimate of drug-likeness (QED) is 0.851. The van der Waals surface area contributed by atoms with E-state index < -0.39 is 10.0 Å². The van der Waals surface area contributed by atoms with Crippen LogP contribution in [0, 0.1) is 6.92 Å². The van der Waals surface area contributed by atoms with E-state index in [-0.39, 0.29) is 5.03 Å². The molecule has 0 unspecified atom stereocenters. The maximum absolute atomic E-state index is 12.7. The van der Waals surface area contributed by atoms with Crippen molar-refractivity contribution in [2.24, 2.45) is 5.73 Å². The number of benzene rings is 1. The molecule has 1 heterocycles. The summed E-state index contributed by atoms with van der Waals surface area (Å²) in [4.78, 5) is 6.76. The number of hydrogen-bond acceptors (Lipinski definition) is 4. The van der Waals surface area contributed by atoms with Gasteiger partial charge >= 0.3 is 0 Å². The van der Waals surface area contributed by atoms with Crippen molar-refractivity contribution in [2.45, 2.75) is 31.8 Å². The molecule has 0 amide bonds. The Morgan fingerprint density at radius 2 is 1.95 bits per heavy atom. The first-order chi connectivity index (χ1) is 9.98. The summed E-state index contributed by atoms with van der Waals surface area (Å²) in [6.45, 7) is 4.50. The molecule has 2 rings (SSSR count). The molecule has 1 aromatic carbocycles. The molecule has 7 heteroatoms. The minimum absolute atomic E-state index is 0.108. The van der Waals surface area contributed by atoms with E-state index in [1.807, 2.05) is 19.1 Å². The molecular weight excluding hydrogens is 288 g/mol. The smallest absolute Gasteiger partial charge is 0.281 e. The van der Waals surface area contributed by atoms with Crippen LogP contribution in [-0.4, -0.2) is 24.9 Å². The maximum atomic E-state index is 12.7. The number of nitrogens with two attached hydrogens (primary N) is 1. The molecule has 0 spiro atoms. The summed E-state index contributed by atoms with van der Waals surface area (Å²) < 4.78 is 26.8. The SMILES string of the molecule is CCCN(c1ccc(CN)cc1)S(=O)(=O)c1cnc(C)[nH]1. The van der Waals surface area contributed by atoms with Gasteiger partial charge in [-0.3, -0.25) is 4.31 Å². The van der Waals surface area contributed by atoms with E-state index in [1.165, 1.54) is 10.5 Å². The zero-order chi connectivity index (χ0) is 15.5. The number of aromatic amines is 1. The van der Waals surface area contributed by atoms with Crippen LogP contribution in [0.25, 0.3) is 0 Å². The largest absolute Gasteiger partial charge is 0.332 e. The number of imidazole rings is 1. The first kappa shape index (κ1) is 15.5. The molecule has 6 nitrogen and oxygen atoms in total. The minimum atomic E-state index is -3.63. The van der Waals surface area contributed by atoms with Gasteiger partial charge in [0.05, 0.1) is 11.9 Å². The fourth-order valence-electron chi connectivity index (χ4n) is 2.04. The highest BCUT2D eigenvalue weighted by Gasteiger charge is 2.26. The van der Waals surface area contributed by atoms with Gasteiger partial charge in [0.15, 0.2) is 5.03 Å². The molecular formula is C14H20N4O2S. The van der Waals surface area contributed by atoms with E-state index in [0.717, 1.165) is 5.56 Å². The van der Waals surface area contributed by atoms with Crippen LogP contribution in [-0.2, 0) is 16.6 Å². The van der Waals surface area contributed by atoms with E-state index >= 15 is 0 Å². The van der Waals surface area contributed by atoms with Crippen LogP contribution in [0.3, 0.4) is 0 Å². The third-order valence-electron chi connectivity index (χ3n) is 3.13. The van der Waals surface area contributed by atoms with Gasteiger partial charge in [0.2, 0.25) is 0 Å². The molecule has 0 fully saturated rings. The van der Waals surface area contributed by atoms with Gasteiger partial charge in [-0.15, -0.1) is 0 Å². The van der Waals surface area contributed by atoms with Crippen molar-refractivity contribution in [3.63, 3.8) is 0 Å². The Bertz CT molecular complexity index is 692. The summed E-state index contributed by atoms with van der Waals surface area (Å²) in [6.07, 6.45) is 2.06. The number of aromatic nitrogens is 2. The summed E-state index contributed by atoms with van der Waals surface area (Å²) in [5, 5.41) is 0.108. The minimum Gasteiger partial charge on any atom is -0.332 e. The standard InChI is InChI=1S/C14H20N4O2S/c1-3-8-18(13-6-4-12(9-15)5-7-13)21(19,20)14-10-16-11(2)17-14/h4-7,10H,3,8-9,15H2,1-2H3,(H,16,17). The molecule has 1 aromatic heterocycles. The molecule has 21 heavy (non-hydrogen) atoms. The predicted octanol–water partition coefficient (Wildman–Crippen LogP) is 1.78. The summed E-state index contributed by atoms with van der Waals surface area (Å²) in [5.41, 5.74) is 7.16. The second kappa shape index (κ2) is 6.28. The number of H-pyrrole nitrogens is 1. The van der Waals surface area contributed by atoms with Gasteiger partial charge in [-0.25, -0.2) is 4.98 Å². The molecule has 114 valence electrons. The third kappa shape index (κ3) is 3.25. The molecule has 2 aromatic rings. The molecule has 0 saturated carbocycles. The van der Waals surface area contributed by atoms with Gasteiger partial charge in [0.25, 0.3) is 10.0 Å². The Morgan fingerprint density at radius 1 is 1.29 bits per heavy atom. The lowest BCUT2D eigenvalue weighted by atomic mass is 10.2. The third-order valence-corrected chi connectivity index (χ3v) is 4.87. The second-order valence-corrected chi connectivity index (χ2v) is 6.61. The van der Waals surface area contributed by atoms with E-state index in [0.29, 0.717) is 31.0 Å². The van der Waals surface area contributed by atoms with Crippen LogP contribution < -0.4 is 10.0 Å². The summed E-state index contributed by atoms with van der Waals surface area (Å²) in [5.74, 6) is 0.573. The lowest BCUT2D eigenvalue weighted by molar-refractivity contribution is 0.587. The number of nitrogens with zero attached hydrogens (tertiary/aromatic N) is 2. The monoisotopic (exact) mass is 308 g/mol. The van der Waals surface area contributed by atoms with Crippen LogP contribution in [0.4, 0.5) is 5.69 Å². The number of aryl methyl sites for hydroxylation is 1. The highest BCUT2D eigenvalue weighted by Crippen LogP contribution is 2.23. The first-order valence-electron chi connectivity index (χ1n) is 6.82. The van der Waals surface area contributed by atoms with Gasteiger partial charge in [0, 0.05) is 13.1 Å². The van der Waals surface area contributed by atoms with Crippen molar-refractivity contribution in [3.8, 4) is 0 Å². The molecule has 0 aliphatic rings. The first-order valence-corrected chi connectivity index (χ1v) is 8.26. The van der Waals surface area contributed by atoms with E-state index in [4.69, 9.17) is 5.73 Å². The van der Waals surface area contributed by atoms with E-state index in [9.17, 15) is 8.42 Å². The van der Waals surface area contributed by atoms with Gasteiger partial charge in [-0.2, -0.15) is 8.42 Å². The Hall–Kier alpha value is -1.86. The number of rotatable bonds is 6. The highest BCUT2D eigenvalue weighted by atomic mass is 32.2. The molecule has 3 N–H and O–H groups in total. The average molecular weight is 308 g/mol. The Morgan fingerprint density at radius 3 is 2.43 bits per heavy atom. The van der Waals surface area contributed by atoms with Crippen LogP contribution in [0.5, 0.6) is 0 Å². The van der Waals surface area contributed by atoms with Crippen LogP contribution in [0.2, 0.25) is 0 Å². The normalized spacial score (nSPS) is 11.6. The molecule has 0 aliphatic heterocycles. The zero-order valence-corrected chi connectivity index (χ0v) is 13.0. The van der Waals surface area contributed by atoms with Crippen molar-refractivity contribution in [3.05, 3.63) is 41.9 Å². The number of anilines is 1. The van der Waals surface area contributed by atoms with E-state index in [2.05, 4.69) is 9.97 Å². The molecule has 0 saturated heterocycles. The summed E-state index contributed by atoms with van der Waals surface area (Å²) in [6, 6.07) is 7.23. The van der Waals surface area contributed by atoms with Gasteiger partial charge in [0.1, 0.15) is 5.82 Å². The Kier molecular flexibility index (Phi) is 4.64. The number of hydrogen-bond donors (Lipinski definition) is 2. The predicted molar refractivity (Wildman–Crippen MR) is 82.5 cm³/mol. The fourth-order valence-corrected chi connectivity index (χ4v) is 3.56.